The molecule has 112 valence electrons. The fourth-order valence-electron chi connectivity index (χ4n) is 1.95. The summed E-state index contributed by atoms with van der Waals surface area (Å²) in [6, 6.07) is 3.96. The number of hydrogen-bond donors (Lipinski definition) is 4. The summed E-state index contributed by atoms with van der Waals surface area (Å²) in [7, 11) is 0. The molecule has 0 aromatic carbocycles. The SMILES string of the molecule is O=C(NCc1nc(O)cc(=O)[nH]1)c1cccn2c(=O)[nH]nc12. The molecule has 10 nitrogen and oxygen atoms in total. The fourth-order valence-corrected chi connectivity index (χ4v) is 1.95. The van der Waals surface area contributed by atoms with Crippen molar-refractivity contribution in [3.63, 3.8) is 0 Å². The highest BCUT2D eigenvalue weighted by molar-refractivity contribution is 5.99. The molecule has 0 bridgehead atoms. The van der Waals surface area contributed by atoms with Gasteiger partial charge in [-0.3, -0.25) is 9.59 Å². The fraction of sp³-hybridized carbons (Fsp3) is 0.0833. The van der Waals surface area contributed by atoms with Crippen molar-refractivity contribution in [1.29, 1.82) is 0 Å². The van der Waals surface area contributed by atoms with Crippen molar-refractivity contribution in [2.75, 3.05) is 0 Å². The number of rotatable bonds is 3. The van der Waals surface area contributed by atoms with Crippen molar-refractivity contribution < 1.29 is 9.90 Å². The van der Waals surface area contributed by atoms with Crippen LogP contribution >= 0.6 is 0 Å². The molecule has 0 unspecified atom stereocenters. The second kappa shape index (κ2) is 5.16. The van der Waals surface area contributed by atoms with E-state index < -0.39 is 23.0 Å². The molecule has 0 aliphatic carbocycles. The minimum atomic E-state index is -0.530. The molecule has 0 saturated heterocycles. The van der Waals surface area contributed by atoms with Gasteiger partial charge in [-0.25, -0.2) is 14.3 Å². The first-order chi connectivity index (χ1) is 10.5. The van der Waals surface area contributed by atoms with Gasteiger partial charge in [0.2, 0.25) is 5.88 Å². The van der Waals surface area contributed by atoms with Crippen LogP contribution in [0.1, 0.15) is 16.2 Å². The largest absolute Gasteiger partial charge is 0.493 e. The van der Waals surface area contributed by atoms with Crippen molar-refractivity contribution in [2.24, 2.45) is 0 Å². The first-order valence-electron chi connectivity index (χ1n) is 6.18. The highest BCUT2D eigenvalue weighted by Crippen LogP contribution is 2.06. The number of amides is 1. The van der Waals surface area contributed by atoms with Crippen LogP contribution in [-0.4, -0.2) is 35.6 Å². The quantitative estimate of drug-likeness (QED) is 0.475. The van der Waals surface area contributed by atoms with Gasteiger partial charge in [0.05, 0.1) is 18.2 Å². The number of fused-ring (bicyclic) bond motifs is 1. The Hall–Kier alpha value is -3.43. The summed E-state index contributed by atoms with van der Waals surface area (Å²) in [5.74, 6) is -0.839. The summed E-state index contributed by atoms with van der Waals surface area (Å²) in [5.41, 5.74) is -0.618. The summed E-state index contributed by atoms with van der Waals surface area (Å²) in [4.78, 5) is 40.8. The van der Waals surface area contributed by atoms with E-state index in [1.54, 1.807) is 0 Å². The van der Waals surface area contributed by atoms with Crippen LogP contribution in [0.5, 0.6) is 5.88 Å². The molecule has 4 N–H and O–H groups in total. The molecule has 3 heterocycles. The van der Waals surface area contributed by atoms with Crippen LogP contribution in [0.25, 0.3) is 5.65 Å². The molecule has 0 radical (unpaired) electrons. The highest BCUT2D eigenvalue weighted by atomic mass is 16.3. The molecule has 0 spiro atoms. The van der Waals surface area contributed by atoms with E-state index in [9.17, 15) is 19.5 Å². The Balaban J connectivity index is 1.84. The molecule has 0 aliphatic rings. The zero-order chi connectivity index (χ0) is 15.7. The monoisotopic (exact) mass is 302 g/mol. The maximum Gasteiger partial charge on any atom is 0.347 e. The normalized spacial score (nSPS) is 10.7. The zero-order valence-corrected chi connectivity index (χ0v) is 11.0. The van der Waals surface area contributed by atoms with Gasteiger partial charge < -0.3 is 15.4 Å². The molecule has 3 aromatic heterocycles. The molecule has 0 fully saturated rings. The molecular formula is C12H10N6O4. The third kappa shape index (κ3) is 2.44. The standard InChI is InChI=1S/C12H10N6O4/c19-8-4-9(20)15-7(14-8)5-13-11(21)6-2-1-3-18-10(6)16-17-12(18)22/h1-4H,5H2,(H,13,21)(H,17,22)(H2,14,15,19,20). The van der Waals surface area contributed by atoms with E-state index >= 15 is 0 Å². The summed E-state index contributed by atoms with van der Waals surface area (Å²) in [6.07, 6.45) is 1.48. The third-order valence-corrected chi connectivity index (χ3v) is 2.88. The molecule has 22 heavy (non-hydrogen) atoms. The Bertz CT molecular complexity index is 969. The first-order valence-corrected chi connectivity index (χ1v) is 6.18. The topological polar surface area (TPSA) is 145 Å². The lowest BCUT2D eigenvalue weighted by Crippen LogP contribution is -2.26. The number of carbonyl (C=O) groups is 1. The number of H-pyrrole nitrogens is 2. The van der Waals surface area contributed by atoms with E-state index in [0.717, 1.165) is 6.07 Å². The Morgan fingerprint density at radius 1 is 1.41 bits per heavy atom. The predicted octanol–water partition coefficient (Wildman–Crippen LogP) is -1.26. The highest BCUT2D eigenvalue weighted by Gasteiger charge is 2.13. The van der Waals surface area contributed by atoms with Crippen molar-refractivity contribution in [1.82, 2.24) is 29.9 Å². The lowest BCUT2D eigenvalue weighted by atomic mass is 10.2. The van der Waals surface area contributed by atoms with E-state index in [1.165, 1.54) is 22.7 Å². The number of pyridine rings is 1. The van der Waals surface area contributed by atoms with E-state index in [2.05, 4.69) is 25.5 Å². The summed E-state index contributed by atoms with van der Waals surface area (Å²) in [6.45, 7) is -0.0990. The number of aromatic amines is 2. The average Bonchev–Trinajstić information content (AvgIpc) is 2.85. The smallest absolute Gasteiger partial charge is 0.347 e. The molecule has 0 aliphatic heterocycles. The van der Waals surface area contributed by atoms with Crippen LogP contribution in [0.3, 0.4) is 0 Å². The second-order valence-electron chi connectivity index (χ2n) is 4.38. The van der Waals surface area contributed by atoms with E-state index in [1.807, 2.05) is 0 Å². The van der Waals surface area contributed by atoms with Crippen LogP contribution in [0.4, 0.5) is 0 Å². The summed E-state index contributed by atoms with van der Waals surface area (Å²) < 4.78 is 1.20. The molecule has 0 saturated carbocycles. The van der Waals surface area contributed by atoms with Crippen LogP contribution in [-0.2, 0) is 6.54 Å². The molecule has 0 atom stereocenters. The van der Waals surface area contributed by atoms with Gasteiger partial charge in [-0.05, 0) is 12.1 Å². The van der Waals surface area contributed by atoms with Crippen LogP contribution < -0.4 is 16.6 Å². The lowest BCUT2D eigenvalue weighted by molar-refractivity contribution is 0.0950. The minimum absolute atomic E-state index is 0.0990. The minimum Gasteiger partial charge on any atom is -0.493 e. The molecular weight excluding hydrogens is 292 g/mol. The first kappa shape index (κ1) is 13.5. The summed E-state index contributed by atoms with van der Waals surface area (Å²) >= 11 is 0. The van der Waals surface area contributed by atoms with Crippen LogP contribution in [0.2, 0.25) is 0 Å². The number of hydrogen-bond acceptors (Lipinski definition) is 6. The van der Waals surface area contributed by atoms with Gasteiger partial charge in [-0.1, -0.05) is 0 Å². The average molecular weight is 302 g/mol. The van der Waals surface area contributed by atoms with Gasteiger partial charge >= 0.3 is 5.69 Å². The van der Waals surface area contributed by atoms with Gasteiger partial charge in [0, 0.05) is 6.20 Å². The number of carbonyl (C=O) groups excluding carboxylic acids is 1. The Morgan fingerprint density at radius 2 is 2.23 bits per heavy atom. The molecule has 3 aromatic rings. The number of aromatic nitrogens is 5. The predicted molar refractivity (Wildman–Crippen MR) is 73.5 cm³/mol. The second-order valence-corrected chi connectivity index (χ2v) is 4.38. The molecule has 3 rings (SSSR count). The van der Waals surface area contributed by atoms with Gasteiger partial charge in [-0.15, -0.1) is 0 Å². The van der Waals surface area contributed by atoms with Crippen molar-refractivity contribution in [3.05, 3.63) is 56.6 Å². The number of nitrogens with zero attached hydrogens (tertiary/aromatic N) is 3. The van der Waals surface area contributed by atoms with Crippen LogP contribution in [0, 0.1) is 0 Å². The van der Waals surface area contributed by atoms with E-state index in [4.69, 9.17) is 0 Å². The van der Waals surface area contributed by atoms with E-state index in [0.29, 0.717) is 0 Å². The maximum absolute atomic E-state index is 12.1. The summed E-state index contributed by atoms with van der Waals surface area (Å²) in [5, 5.41) is 17.8. The van der Waals surface area contributed by atoms with Gasteiger partial charge in [-0.2, -0.15) is 10.1 Å². The Kier molecular flexibility index (Phi) is 3.18. The Morgan fingerprint density at radius 3 is 3.00 bits per heavy atom. The zero-order valence-electron chi connectivity index (χ0n) is 11.0. The number of nitrogens with one attached hydrogen (secondary N) is 3. The van der Waals surface area contributed by atoms with E-state index in [-0.39, 0.29) is 23.6 Å². The van der Waals surface area contributed by atoms with Gasteiger partial charge in [0.15, 0.2) is 5.65 Å². The Labute approximate surface area is 121 Å². The number of aromatic hydroxyl groups is 1. The molecule has 10 heteroatoms. The van der Waals surface area contributed by atoms with Crippen molar-refractivity contribution >= 4 is 11.6 Å². The van der Waals surface area contributed by atoms with Gasteiger partial charge in [0.25, 0.3) is 11.5 Å². The molecule has 1 amide bonds. The third-order valence-electron chi connectivity index (χ3n) is 2.88. The maximum atomic E-state index is 12.1. The van der Waals surface area contributed by atoms with Crippen molar-refractivity contribution in [3.8, 4) is 5.88 Å². The van der Waals surface area contributed by atoms with Gasteiger partial charge in [0.1, 0.15) is 5.82 Å². The lowest BCUT2D eigenvalue weighted by Gasteiger charge is -2.05. The van der Waals surface area contributed by atoms with Crippen LogP contribution in [0.15, 0.2) is 34.0 Å². The van der Waals surface area contributed by atoms with Crippen molar-refractivity contribution in [2.45, 2.75) is 6.54 Å².